The average Bonchev–Trinajstić information content (AvgIpc) is 3.54. The molecule has 0 unspecified atom stereocenters. The van der Waals surface area contributed by atoms with Crippen LogP contribution in [0.5, 0.6) is 11.5 Å². The second-order valence-electron chi connectivity index (χ2n) is 8.96. The van der Waals surface area contributed by atoms with Gasteiger partial charge < -0.3 is 30.5 Å². The minimum atomic E-state index is 0.0239. The van der Waals surface area contributed by atoms with Crippen LogP contribution in [0.2, 0.25) is 0 Å². The van der Waals surface area contributed by atoms with Crippen LogP contribution in [-0.2, 0) is 17.8 Å². The maximum Gasteiger partial charge on any atom is 0.229 e. The van der Waals surface area contributed by atoms with Gasteiger partial charge >= 0.3 is 0 Å². The number of ether oxygens (including phenoxy) is 1. The highest BCUT2D eigenvalue weighted by Crippen LogP contribution is 2.31. The van der Waals surface area contributed by atoms with Crippen molar-refractivity contribution in [1.29, 1.82) is 0 Å². The van der Waals surface area contributed by atoms with E-state index in [1.165, 1.54) is 12.8 Å². The van der Waals surface area contributed by atoms with E-state index >= 15 is 0 Å². The van der Waals surface area contributed by atoms with Crippen molar-refractivity contribution in [2.75, 3.05) is 42.2 Å². The molecular weight excluding hydrogens is 460 g/mol. The molecule has 0 aliphatic carbocycles. The first-order valence-electron chi connectivity index (χ1n) is 12.2. The van der Waals surface area contributed by atoms with Crippen molar-refractivity contribution < 1.29 is 19.7 Å². The Balaban J connectivity index is 1.17. The summed E-state index contributed by atoms with van der Waals surface area (Å²) in [7, 11) is 0. The number of hydrogen-bond acceptors (Lipinski definition) is 9. The number of carbonyl (C=O) groups is 1. The van der Waals surface area contributed by atoms with Crippen LogP contribution in [0, 0.1) is 0 Å². The molecule has 0 spiro atoms. The number of anilines is 4. The van der Waals surface area contributed by atoms with Crippen LogP contribution in [-0.4, -0.2) is 52.3 Å². The number of amides is 1. The summed E-state index contributed by atoms with van der Waals surface area (Å²) in [6.07, 6.45) is 5.52. The molecule has 1 saturated heterocycles. The van der Waals surface area contributed by atoms with Crippen LogP contribution in [0.25, 0.3) is 0 Å². The van der Waals surface area contributed by atoms with Gasteiger partial charge in [-0.25, -0.2) is 10.2 Å². The second kappa shape index (κ2) is 11.2. The molecule has 0 radical (unpaired) electrons. The van der Waals surface area contributed by atoms with Gasteiger partial charge in [0.25, 0.3) is 0 Å². The quantitative estimate of drug-likeness (QED) is 0.179. The maximum absolute atomic E-state index is 11.6. The Bertz CT molecular complexity index is 1210. The van der Waals surface area contributed by atoms with Gasteiger partial charge in [-0.15, -0.1) is 0 Å². The number of carbonyl (C=O) groups excluding carboxylic acids is 1. The molecule has 188 valence electrons. The highest BCUT2D eigenvalue weighted by Gasteiger charge is 2.17. The third-order valence-corrected chi connectivity index (χ3v) is 6.30. The molecule has 3 aromatic rings. The van der Waals surface area contributed by atoms with Crippen LogP contribution in [0.15, 0.2) is 48.7 Å². The first kappa shape index (κ1) is 23.8. The lowest BCUT2D eigenvalue weighted by molar-refractivity contribution is -0.139. The van der Waals surface area contributed by atoms with Gasteiger partial charge in [0.1, 0.15) is 5.82 Å². The largest absolute Gasteiger partial charge is 0.489 e. The van der Waals surface area contributed by atoms with E-state index in [2.05, 4.69) is 35.7 Å². The summed E-state index contributed by atoms with van der Waals surface area (Å²) in [4.78, 5) is 27.3. The molecule has 2 aromatic carbocycles. The van der Waals surface area contributed by atoms with E-state index in [-0.39, 0.29) is 11.7 Å². The van der Waals surface area contributed by atoms with E-state index in [4.69, 9.17) is 4.74 Å². The first-order valence-corrected chi connectivity index (χ1v) is 12.2. The Morgan fingerprint density at radius 1 is 1.08 bits per heavy atom. The number of fused-ring (bicyclic) bond motifs is 1. The Kier molecular flexibility index (Phi) is 7.44. The van der Waals surface area contributed by atoms with E-state index in [9.17, 15) is 10.1 Å². The number of aromatic nitrogens is 2. The summed E-state index contributed by atoms with van der Waals surface area (Å²) in [6.45, 7) is 4.41. The Hall–Kier alpha value is -3.89. The van der Waals surface area contributed by atoms with Crippen molar-refractivity contribution >= 4 is 29.0 Å². The van der Waals surface area contributed by atoms with Crippen molar-refractivity contribution in [1.82, 2.24) is 14.9 Å². The highest BCUT2D eigenvalue weighted by atomic mass is 17.1. The SMILES string of the molecule is O=C1Cc2cc(CNc3ccnc(Nc4ccc(OO)c(OCCCN5CCCC5)c4)n3)ccc2N1. The van der Waals surface area contributed by atoms with Crippen LogP contribution in [0.1, 0.15) is 30.4 Å². The average molecular weight is 491 g/mol. The van der Waals surface area contributed by atoms with Crippen molar-refractivity contribution in [3.63, 3.8) is 0 Å². The monoisotopic (exact) mass is 490 g/mol. The summed E-state index contributed by atoms with van der Waals surface area (Å²) in [5.74, 6) is 1.81. The molecule has 2 aliphatic rings. The summed E-state index contributed by atoms with van der Waals surface area (Å²) in [5.41, 5.74) is 3.65. The topological polar surface area (TPSA) is 121 Å². The van der Waals surface area contributed by atoms with E-state index < -0.39 is 0 Å². The molecule has 0 bridgehead atoms. The standard InChI is InChI=1S/C26H30N6O4/c33-25-15-19-14-18(4-6-21(19)30-25)17-28-24-8-9-27-26(31-24)29-20-5-7-22(36-34)23(16-20)35-13-3-12-32-10-1-2-11-32/h4-9,14,16,34H,1-3,10-13,15,17H2,(H,30,33)(H2,27,28,29,31). The fraction of sp³-hybridized carbons (Fsp3) is 0.346. The highest BCUT2D eigenvalue weighted by molar-refractivity contribution is 5.99. The van der Waals surface area contributed by atoms with Crippen LogP contribution in [0.4, 0.5) is 23.1 Å². The predicted molar refractivity (Wildman–Crippen MR) is 137 cm³/mol. The lowest BCUT2D eigenvalue weighted by Gasteiger charge is -2.15. The molecule has 36 heavy (non-hydrogen) atoms. The lowest BCUT2D eigenvalue weighted by atomic mass is 10.1. The molecule has 1 fully saturated rings. The molecule has 5 rings (SSSR count). The summed E-state index contributed by atoms with van der Waals surface area (Å²) >= 11 is 0. The maximum atomic E-state index is 11.6. The van der Waals surface area contributed by atoms with Crippen molar-refractivity contribution in [2.45, 2.75) is 32.2 Å². The molecule has 10 nitrogen and oxygen atoms in total. The van der Waals surface area contributed by atoms with Crippen molar-refractivity contribution in [2.24, 2.45) is 0 Å². The smallest absolute Gasteiger partial charge is 0.229 e. The molecule has 1 aromatic heterocycles. The third-order valence-electron chi connectivity index (χ3n) is 6.30. The number of rotatable bonds is 11. The lowest BCUT2D eigenvalue weighted by Crippen LogP contribution is -2.21. The van der Waals surface area contributed by atoms with Crippen LogP contribution in [0.3, 0.4) is 0 Å². The van der Waals surface area contributed by atoms with Gasteiger partial charge in [0.05, 0.1) is 13.0 Å². The number of benzene rings is 2. The number of nitrogens with one attached hydrogen (secondary N) is 3. The first-order chi connectivity index (χ1) is 17.7. The molecule has 3 heterocycles. The molecule has 0 saturated carbocycles. The summed E-state index contributed by atoms with van der Waals surface area (Å²) in [5, 5.41) is 18.5. The fourth-order valence-electron chi connectivity index (χ4n) is 4.48. The van der Waals surface area contributed by atoms with Gasteiger partial charge in [-0.3, -0.25) is 4.79 Å². The predicted octanol–water partition coefficient (Wildman–Crippen LogP) is 4.04. The van der Waals surface area contributed by atoms with Gasteiger partial charge in [0.2, 0.25) is 17.6 Å². The summed E-state index contributed by atoms with van der Waals surface area (Å²) in [6, 6.07) is 12.9. The second-order valence-corrected chi connectivity index (χ2v) is 8.96. The zero-order valence-electron chi connectivity index (χ0n) is 20.0. The van der Waals surface area contributed by atoms with Crippen molar-refractivity contribution in [3.8, 4) is 11.5 Å². The van der Waals surface area contributed by atoms with Crippen LogP contribution < -0.4 is 25.6 Å². The number of hydrogen-bond donors (Lipinski definition) is 4. The molecule has 10 heteroatoms. The zero-order chi connectivity index (χ0) is 24.7. The number of likely N-dealkylation sites (tertiary alicyclic amines) is 1. The van der Waals surface area contributed by atoms with Crippen molar-refractivity contribution in [3.05, 3.63) is 59.8 Å². The summed E-state index contributed by atoms with van der Waals surface area (Å²) < 4.78 is 5.89. The van der Waals surface area contributed by atoms with Crippen LogP contribution >= 0.6 is 0 Å². The minimum Gasteiger partial charge on any atom is -0.489 e. The van der Waals surface area contributed by atoms with Gasteiger partial charge in [0, 0.05) is 36.7 Å². The third kappa shape index (κ3) is 6.02. The van der Waals surface area contributed by atoms with Gasteiger partial charge in [-0.2, -0.15) is 4.98 Å². The molecule has 0 atom stereocenters. The van der Waals surface area contributed by atoms with Gasteiger partial charge in [-0.05, 0) is 67.7 Å². The Labute approximate surface area is 209 Å². The zero-order valence-corrected chi connectivity index (χ0v) is 20.0. The number of nitrogens with zero attached hydrogens (tertiary/aromatic N) is 3. The molecular formula is C26H30N6O4. The Morgan fingerprint density at radius 2 is 1.97 bits per heavy atom. The molecule has 4 N–H and O–H groups in total. The molecule has 2 aliphatic heterocycles. The van der Waals surface area contributed by atoms with E-state index in [0.717, 1.165) is 42.9 Å². The minimum absolute atomic E-state index is 0.0239. The normalized spacial score (nSPS) is 14.9. The van der Waals surface area contributed by atoms with Gasteiger partial charge in [-0.1, -0.05) is 12.1 Å². The Morgan fingerprint density at radius 3 is 2.83 bits per heavy atom. The molecule has 1 amide bonds. The van der Waals surface area contributed by atoms with E-state index in [1.54, 1.807) is 30.5 Å². The van der Waals surface area contributed by atoms with E-state index in [1.807, 2.05) is 18.2 Å². The van der Waals surface area contributed by atoms with Gasteiger partial charge in [0.15, 0.2) is 5.75 Å². The van der Waals surface area contributed by atoms with E-state index in [0.29, 0.717) is 42.8 Å². The fourth-order valence-corrected chi connectivity index (χ4v) is 4.48.